The van der Waals surface area contributed by atoms with E-state index in [1.807, 2.05) is 0 Å². The average Bonchev–Trinajstić information content (AvgIpc) is 1.77. The summed E-state index contributed by atoms with van der Waals surface area (Å²) in [5, 5.41) is 10.4. The van der Waals surface area contributed by atoms with Gasteiger partial charge in [0, 0.05) is 0 Å². The van der Waals surface area contributed by atoms with Gasteiger partial charge in [-0.2, -0.15) is 0 Å². The summed E-state index contributed by atoms with van der Waals surface area (Å²) in [6.45, 7) is 0. The van der Waals surface area contributed by atoms with E-state index >= 15 is 0 Å². The fourth-order valence-electron chi connectivity index (χ4n) is 0.361. The number of anilines is 1. The molecule has 0 aromatic carbocycles. The number of aromatic nitrogens is 2. The summed E-state index contributed by atoms with van der Waals surface area (Å²) < 4.78 is 0.549. The van der Waals surface area contributed by atoms with E-state index < -0.39 is 0 Å². The molecule has 0 radical (unpaired) electrons. The minimum absolute atomic E-state index is 0. The van der Waals surface area contributed by atoms with Crippen LogP contribution in [-0.2, 0) is 0 Å². The molecule has 1 heterocycles. The summed E-state index contributed by atoms with van der Waals surface area (Å²) in [5.41, 5.74) is 5.11. The smallest absolute Gasteiger partial charge is 0.294 e. The Bertz CT molecular complexity index is 172. The van der Waals surface area contributed by atoms with Crippen LogP contribution in [0.25, 0.3) is 0 Å². The van der Waals surface area contributed by atoms with Crippen LogP contribution < -0.4 is 10.5 Å². The van der Waals surface area contributed by atoms with E-state index in [1.54, 1.807) is 0 Å². The van der Waals surface area contributed by atoms with Gasteiger partial charge in [-0.3, -0.25) is 10.7 Å². The van der Waals surface area contributed by atoms with Gasteiger partial charge in [-0.1, -0.05) is 0 Å². The Balaban J connectivity index is 0.000000640. The number of nitrogens with zero attached hydrogens (tertiary/aromatic N) is 2. The first-order valence-corrected chi connectivity index (χ1v) is 2.09. The summed E-state index contributed by atoms with van der Waals surface area (Å²) in [7, 11) is 0. The largest absolute Gasteiger partial charge is 0.711 e. The molecule has 0 bridgehead atoms. The van der Waals surface area contributed by atoms with Crippen molar-refractivity contribution in [3.63, 3.8) is 0 Å². The molecule has 0 aliphatic heterocycles. The number of rotatable bonds is 0. The molecule has 0 spiro atoms. The van der Waals surface area contributed by atoms with Gasteiger partial charge in [0.1, 0.15) is 12.4 Å². The van der Waals surface area contributed by atoms with Crippen LogP contribution in [0.5, 0.6) is 0 Å². The Labute approximate surface area is 58.3 Å². The zero-order valence-corrected chi connectivity index (χ0v) is 5.34. The monoisotopic (exact) mass is 147 g/mol. The highest BCUT2D eigenvalue weighted by Crippen LogP contribution is 1.82. The molecule has 1 aromatic heterocycles. The predicted octanol–water partition coefficient (Wildman–Crippen LogP) is -0.281. The van der Waals surface area contributed by atoms with Gasteiger partial charge in [0.05, 0.1) is 6.20 Å². The van der Waals surface area contributed by atoms with E-state index in [0.717, 1.165) is 0 Å². The topological polar surface area (TPSA) is 65.8 Å². The Kier molecular flexibility index (Phi) is 2.73. The maximum absolute atomic E-state index is 10.4. The molecular formula is C4H6ClN3O. The molecule has 0 aliphatic carbocycles. The molecule has 0 fully saturated rings. The number of nitrogens with two attached hydrogens (primary N) is 1. The first-order chi connectivity index (χ1) is 3.80. The second-order valence-electron chi connectivity index (χ2n) is 1.33. The Morgan fingerprint density at radius 1 is 1.67 bits per heavy atom. The third-order valence-corrected chi connectivity index (χ3v) is 0.749. The number of halogens is 1. The quantitative estimate of drug-likeness (QED) is 0.406. The van der Waals surface area contributed by atoms with E-state index in [4.69, 9.17) is 5.73 Å². The van der Waals surface area contributed by atoms with Crippen molar-refractivity contribution in [2.24, 2.45) is 0 Å². The SMILES string of the molecule is Cl.Nc1cncc[n+]1[O-]. The Hall–Kier alpha value is -1.03. The van der Waals surface area contributed by atoms with Crippen LogP contribution in [0.3, 0.4) is 0 Å². The lowest BCUT2D eigenvalue weighted by Crippen LogP contribution is -2.29. The summed E-state index contributed by atoms with van der Waals surface area (Å²) in [6.07, 6.45) is 3.92. The van der Waals surface area contributed by atoms with Gasteiger partial charge in [-0.05, 0) is 0 Å². The minimum Gasteiger partial charge on any atom is -0.711 e. The molecule has 9 heavy (non-hydrogen) atoms. The predicted molar refractivity (Wildman–Crippen MR) is 34.9 cm³/mol. The van der Waals surface area contributed by atoms with Crippen molar-refractivity contribution in [2.75, 3.05) is 5.73 Å². The second kappa shape index (κ2) is 3.09. The number of nitrogen functional groups attached to an aromatic ring is 1. The maximum atomic E-state index is 10.4. The van der Waals surface area contributed by atoms with Gasteiger partial charge in [-0.15, -0.1) is 12.4 Å². The Morgan fingerprint density at radius 2 is 2.33 bits per heavy atom. The molecule has 0 atom stereocenters. The van der Waals surface area contributed by atoms with E-state index in [2.05, 4.69) is 4.98 Å². The lowest BCUT2D eigenvalue weighted by atomic mass is 10.7. The van der Waals surface area contributed by atoms with Crippen molar-refractivity contribution in [3.05, 3.63) is 23.8 Å². The Morgan fingerprint density at radius 3 is 2.67 bits per heavy atom. The summed E-state index contributed by atoms with van der Waals surface area (Å²) in [6, 6.07) is 0. The van der Waals surface area contributed by atoms with Gasteiger partial charge in [0.15, 0.2) is 0 Å². The second-order valence-corrected chi connectivity index (χ2v) is 1.33. The van der Waals surface area contributed by atoms with Gasteiger partial charge in [0.2, 0.25) is 0 Å². The van der Waals surface area contributed by atoms with Gasteiger partial charge in [0.25, 0.3) is 5.82 Å². The van der Waals surface area contributed by atoms with Crippen LogP contribution in [0.1, 0.15) is 0 Å². The van der Waals surface area contributed by atoms with E-state index in [1.165, 1.54) is 18.6 Å². The molecule has 0 saturated carbocycles. The summed E-state index contributed by atoms with van der Waals surface area (Å²) >= 11 is 0. The van der Waals surface area contributed by atoms with Crippen LogP contribution in [-0.4, -0.2) is 4.98 Å². The molecule has 0 amide bonds. The normalized spacial score (nSPS) is 8.00. The number of hydrogen-bond donors (Lipinski definition) is 1. The van der Waals surface area contributed by atoms with Gasteiger partial charge in [-0.25, -0.2) is 4.73 Å². The van der Waals surface area contributed by atoms with Gasteiger partial charge >= 0.3 is 0 Å². The standard InChI is InChI=1S/C4H5N3O.ClH/c5-4-3-6-1-2-7(4)8;/h1-3H,5H2;1H. The van der Waals surface area contributed by atoms with Crippen molar-refractivity contribution in [1.29, 1.82) is 0 Å². The fraction of sp³-hybridized carbons (Fsp3) is 0. The molecule has 2 N–H and O–H groups in total. The molecule has 50 valence electrons. The van der Waals surface area contributed by atoms with E-state index in [-0.39, 0.29) is 18.2 Å². The molecule has 5 heteroatoms. The number of hydrogen-bond acceptors (Lipinski definition) is 3. The molecule has 1 rings (SSSR count). The third kappa shape index (κ3) is 1.73. The first kappa shape index (κ1) is 7.97. The van der Waals surface area contributed by atoms with E-state index in [0.29, 0.717) is 4.73 Å². The summed E-state index contributed by atoms with van der Waals surface area (Å²) in [5.74, 6) is 0.118. The fourth-order valence-corrected chi connectivity index (χ4v) is 0.361. The van der Waals surface area contributed by atoms with Crippen LogP contribution in [0, 0.1) is 5.21 Å². The molecule has 4 nitrogen and oxygen atoms in total. The lowest BCUT2D eigenvalue weighted by Gasteiger charge is -1.99. The maximum Gasteiger partial charge on any atom is 0.294 e. The van der Waals surface area contributed by atoms with Crippen molar-refractivity contribution in [3.8, 4) is 0 Å². The highest BCUT2D eigenvalue weighted by Gasteiger charge is 1.88. The van der Waals surface area contributed by atoms with Crippen LogP contribution in [0.2, 0.25) is 0 Å². The zero-order chi connectivity index (χ0) is 5.98. The zero-order valence-electron chi connectivity index (χ0n) is 4.52. The summed E-state index contributed by atoms with van der Waals surface area (Å²) in [4.78, 5) is 3.60. The van der Waals surface area contributed by atoms with Crippen LogP contribution in [0.4, 0.5) is 5.82 Å². The van der Waals surface area contributed by atoms with Crippen LogP contribution in [0.15, 0.2) is 18.6 Å². The van der Waals surface area contributed by atoms with Gasteiger partial charge < -0.3 is 5.21 Å². The molecule has 0 saturated heterocycles. The van der Waals surface area contributed by atoms with E-state index in [9.17, 15) is 5.21 Å². The van der Waals surface area contributed by atoms with Crippen molar-refractivity contribution in [2.45, 2.75) is 0 Å². The lowest BCUT2D eigenvalue weighted by molar-refractivity contribution is -0.590. The van der Waals surface area contributed by atoms with Crippen LogP contribution >= 0.6 is 12.4 Å². The first-order valence-electron chi connectivity index (χ1n) is 2.09. The third-order valence-electron chi connectivity index (χ3n) is 0.749. The minimum atomic E-state index is 0. The van der Waals surface area contributed by atoms with Crippen molar-refractivity contribution >= 4 is 18.2 Å². The highest BCUT2D eigenvalue weighted by molar-refractivity contribution is 5.85. The average molecular weight is 148 g/mol. The molecular weight excluding hydrogens is 142 g/mol. The van der Waals surface area contributed by atoms with Crippen molar-refractivity contribution < 1.29 is 4.73 Å². The molecule has 0 unspecified atom stereocenters. The van der Waals surface area contributed by atoms with Crippen molar-refractivity contribution in [1.82, 2.24) is 4.98 Å². The highest BCUT2D eigenvalue weighted by atomic mass is 35.5. The molecule has 0 aliphatic rings. The molecule has 1 aromatic rings.